The van der Waals surface area contributed by atoms with Crippen LogP contribution < -0.4 is 10.6 Å². The normalized spacial score (nSPS) is 20.8. The van der Waals surface area contributed by atoms with Gasteiger partial charge in [0.1, 0.15) is 23.9 Å². The molecule has 0 aliphatic carbocycles. The lowest BCUT2D eigenvalue weighted by molar-refractivity contribution is -0.135. The summed E-state index contributed by atoms with van der Waals surface area (Å²) in [6.45, 7) is 8.86. The molecule has 3 aliphatic rings. The maximum Gasteiger partial charge on any atom is 0.407 e. The molecule has 0 saturated carbocycles. The molecule has 4 aromatic rings. The molecule has 0 spiro atoms. The van der Waals surface area contributed by atoms with Gasteiger partial charge in [-0.15, -0.1) is 0 Å². The van der Waals surface area contributed by atoms with Crippen molar-refractivity contribution in [2.24, 2.45) is 11.8 Å². The van der Waals surface area contributed by atoms with E-state index < -0.39 is 41.3 Å². The summed E-state index contributed by atoms with van der Waals surface area (Å²) in [6, 6.07) is 10.1. The van der Waals surface area contributed by atoms with Gasteiger partial charge in [-0.25, -0.2) is 23.8 Å². The van der Waals surface area contributed by atoms with Gasteiger partial charge < -0.3 is 40.1 Å². The number of alkyl carbamates (subject to hydrolysis) is 2. The number of methoxy groups -OCH3 is 2. The highest BCUT2D eigenvalue weighted by Gasteiger charge is 2.39. The molecule has 2 aromatic heterocycles. The molecule has 298 valence electrons. The fourth-order valence-corrected chi connectivity index (χ4v) is 9.59. The van der Waals surface area contributed by atoms with E-state index in [0.717, 1.165) is 59.3 Å². The van der Waals surface area contributed by atoms with Crippen molar-refractivity contribution in [1.29, 1.82) is 0 Å². The van der Waals surface area contributed by atoms with Gasteiger partial charge in [0.25, 0.3) is 0 Å². The monoisotopic (exact) mass is 786 g/mol. The van der Waals surface area contributed by atoms with Gasteiger partial charge in [0.15, 0.2) is 0 Å². The predicted octanol–water partition coefficient (Wildman–Crippen LogP) is 5.49. The van der Waals surface area contributed by atoms with Crippen molar-refractivity contribution in [3.8, 4) is 33.6 Å². The van der Waals surface area contributed by atoms with Crippen molar-refractivity contribution in [2.45, 2.75) is 93.6 Å². The number of nitrogens with one attached hydrogen (secondary N) is 4. The zero-order valence-electron chi connectivity index (χ0n) is 32.5. The van der Waals surface area contributed by atoms with Crippen molar-refractivity contribution in [2.75, 3.05) is 27.3 Å². The highest BCUT2D eigenvalue weighted by Crippen LogP contribution is 2.44. The lowest BCUT2D eigenvalue weighted by Crippen LogP contribution is -2.54. The van der Waals surface area contributed by atoms with Gasteiger partial charge in [0.05, 0.1) is 76.7 Å². The molecule has 5 N–H and O–H groups in total. The number of hydrogen-bond acceptors (Lipinski definition) is 10. The molecular weight excluding hydrogens is 737 g/mol. The lowest BCUT2D eigenvalue weighted by atomic mass is 10.0. The zero-order chi connectivity index (χ0) is 39.8. The van der Waals surface area contributed by atoms with E-state index in [4.69, 9.17) is 14.5 Å². The zero-order valence-corrected chi connectivity index (χ0v) is 33.3. The Morgan fingerprint density at radius 3 is 1.89 bits per heavy atom. The van der Waals surface area contributed by atoms with Gasteiger partial charge in [-0.2, -0.15) is 0 Å². The molecule has 6 atom stereocenters. The van der Waals surface area contributed by atoms with E-state index in [1.807, 2.05) is 69.0 Å². The number of ether oxygens (including phenoxy) is 2. The van der Waals surface area contributed by atoms with Crippen LogP contribution in [0, 0.1) is 11.8 Å². The first-order valence-corrected chi connectivity index (χ1v) is 20.3. The lowest BCUT2D eigenvalue weighted by Gasteiger charge is -2.35. The molecular formula is C40H50N8O7S. The number of hydrogen-bond donors (Lipinski definition) is 5. The van der Waals surface area contributed by atoms with Gasteiger partial charge >= 0.3 is 12.2 Å². The third-order valence-electron chi connectivity index (χ3n) is 11.2. The molecule has 0 radical (unpaired) electrons. The maximum atomic E-state index is 14.1. The molecule has 0 bridgehead atoms. The van der Waals surface area contributed by atoms with Gasteiger partial charge in [-0.1, -0.05) is 52.0 Å². The molecule has 3 amide bonds. The van der Waals surface area contributed by atoms with E-state index in [1.165, 1.54) is 14.2 Å². The molecule has 56 heavy (non-hydrogen) atoms. The Kier molecular flexibility index (Phi) is 11.3. The van der Waals surface area contributed by atoms with Crippen LogP contribution in [0.5, 0.6) is 0 Å². The number of rotatable bonds is 11. The van der Waals surface area contributed by atoms with Gasteiger partial charge in [0, 0.05) is 24.2 Å². The number of amides is 3. The number of fused-ring (bicyclic) bond motifs is 3. The third kappa shape index (κ3) is 7.44. The van der Waals surface area contributed by atoms with Gasteiger partial charge in [-0.3, -0.25) is 9.69 Å². The molecule has 16 heteroatoms. The number of aromatic amines is 2. The third-order valence-corrected chi connectivity index (χ3v) is 12.6. The number of benzene rings is 2. The van der Waals surface area contributed by atoms with Crippen LogP contribution in [0.25, 0.3) is 33.6 Å². The molecule has 2 fully saturated rings. The first-order valence-electron chi connectivity index (χ1n) is 19.1. The quantitative estimate of drug-likeness (QED) is 0.114. The summed E-state index contributed by atoms with van der Waals surface area (Å²) in [5.74, 6) is 1.03. The Morgan fingerprint density at radius 2 is 1.34 bits per heavy atom. The van der Waals surface area contributed by atoms with E-state index >= 15 is 0 Å². The standard InChI is InChI=1S/C40H50N8O7S/c1-21(2)33(45-39(51)54-5)37(49)47-15-7-9-29(47)35-41-19-27(43-35)23-11-13-25-26-14-12-24(18-32(26)56(53)31(25)17-23)28-20-42-36(44-28)30-10-8-16-48(30)38(50)34(22(3)4)46-40(52)55-6/h11-14,17-22,29-30,33-34,37,49H,7-10,15-16H2,1-6H3,(H,41,43)(H,42,44)(H,45,51)(H,46,52). The number of aromatic nitrogens is 4. The van der Waals surface area contributed by atoms with E-state index in [-0.39, 0.29) is 29.8 Å². The Morgan fingerprint density at radius 1 is 0.804 bits per heavy atom. The molecule has 3 aliphatic heterocycles. The fraction of sp³-hybridized carbons (Fsp3) is 0.475. The van der Waals surface area contributed by atoms with Crippen LogP contribution in [0.4, 0.5) is 9.59 Å². The summed E-state index contributed by atoms with van der Waals surface area (Å²) >= 11 is 0. The first kappa shape index (κ1) is 39.2. The molecule has 5 heterocycles. The van der Waals surface area contributed by atoms with Crippen molar-refractivity contribution in [1.82, 2.24) is 40.4 Å². The number of nitrogens with zero attached hydrogens (tertiary/aromatic N) is 4. The maximum absolute atomic E-state index is 14.1. The van der Waals surface area contributed by atoms with Crippen LogP contribution in [-0.4, -0.2) is 103 Å². The summed E-state index contributed by atoms with van der Waals surface area (Å²) < 4.78 is 23.6. The Balaban J connectivity index is 1.07. The molecule has 2 saturated heterocycles. The minimum absolute atomic E-state index is 0.0380. The highest BCUT2D eigenvalue weighted by atomic mass is 32.2. The predicted molar refractivity (Wildman–Crippen MR) is 208 cm³/mol. The van der Waals surface area contributed by atoms with E-state index in [9.17, 15) is 23.7 Å². The number of aliphatic hydroxyl groups excluding tert-OH is 1. The second kappa shape index (κ2) is 16.2. The smallest absolute Gasteiger partial charge is 0.407 e. The summed E-state index contributed by atoms with van der Waals surface area (Å²) in [6.07, 6.45) is 4.55. The SMILES string of the molecule is COC(=O)NC(C(=O)N1CCCC1c1ncc(-c2ccc3c(c2)S(=O)c2cc(-c4cnc(C5CCCN5C(O)C(NC(=O)OC)C(C)C)[nH]4)ccc2-3)[nH]1)C(C)C. The average Bonchev–Trinajstić information content (AvgIpc) is 4.05. The summed E-state index contributed by atoms with van der Waals surface area (Å²) in [4.78, 5) is 59.0. The first-order chi connectivity index (χ1) is 26.9. The van der Waals surface area contributed by atoms with Crippen molar-refractivity contribution in [3.05, 3.63) is 60.4 Å². The minimum atomic E-state index is -1.44. The van der Waals surface area contributed by atoms with Crippen LogP contribution in [0.2, 0.25) is 0 Å². The Hall–Kier alpha value is -5.06. The summed E-state index contributed by atoms with van der Waals surface area (Å²) in [5.41, 5.74) is 5.01. The van der Waals surface area contributed by atoms with Crippen LogP contribution in [0.15, 0.2) is 58.6 Å². The summed E-state index contributed by atoms with van der Waals surface area (Å²) in [7, 11) is 1.14. The Bertz CT molecular complexity index is 2130. The molecule has 2 aromatic carbocycles. The summed E-state index contributed by atoms with van der Waals surface area (Å²) in [5, 5.41) is 16.8. The van der Waals surface area contributed by atoms with Crippen LogP contribution in [0.3, 0.4) is 0 Å². The Labute approximate surface area is 328 Å². The second-order valence-electron chi connectivity index (χ2n) is 15.3. The molecule has 15 nitrogen and oxygen atoms in total. The molecule has 6 unspecified atom stereocenters. The minimum Gasteiger partial charge on any atom is -0.453 e. The number of aliphatic hydroxyl groups is 1. The van der Waals surface area contributed by atoms with Gasteiger partial charge in [0.2, 0.25) is 5.91 Å². The topological polar surface area (TPSA) is 195 Å². The van der Waals surface area contributed by atoms with E-state index in [2.05, 4.69) is 25.6 Å². The van der Waals surface area contributed by atoms with Crippen molar-refractivity contribution in [3.63, 3.8) is 0 Å². The number of imidazole rings is 2. The van der Waals surface area contributed by atoms with E-state index in [0.29, 0.717) is 34.5 Å². The second-order valence-corrected chi connectivity index (χ2v) is 16.7. The molecule has 7 rings (SSSR count). The van der Waals surface area contributed by atoms with Crippen molar-refractivity contribution >= 4 is 28.9 Å². The van der Waals surface area contributed by atoms with Crippen LogP contribution >= 0.6 is 0 Å². The van der Waals surface area contributed by atoms with Crippen molar-refractivity contribution < 1.29 is 33.2 Å². The highest BCUT2D eigenvalue weighted by molar-refractivity contribution is 7.85. The average molecular weight is 787 g/mol. The number of carbonyl (C=O) groups is 3. The number of H-pyrrole nitrogens is 2. The largest absolute Gasteiger partial charge is 0.453 e. The van der Waals surface area contributed by atoms with Crippen LogP contribution in [0.1, 0.15) is 77.1 Å². The van der Waals surface area contributed by atoms with Crippen LogP contribution in [-0.2, 0) is 25.1 Å². The fourth-order valence-electron chi connectivity index (χ4n) is 8.13. The number of likely N-dealkylation sites (tertiary alicyclic amines) is 2. The number of carbonyl (C=O) groups excluding carboxylic acids is 3. The van der Waals surface area contributed by atoms with E-state index in [1.54, 1.807) is 17.3 Å². The van der Waals surface area contributed by atoms with Gasteiger partial charge in [-0.05, 0) is 60.8 Å².